The van der Waals surface area contributed by atoms with Gasteiger partial charge in [-0.15, -0.1) is 11.6 Å². The lowest BCUT2D eigenvalue weighted by Crippen LogP contribution is -2.33. The summed E-state index contributed by atoms with van der Waals surface area (Å²) in [6, 6.07) is 5.90. The minimum atomic E-state index is -0.391. The first-order valence-corrected chi connectivity index (χ1v) is 7.93. The third-order valence-corrected chi connectivity index (χ3v) is 3.98. The fourth-order valence-corrected chi connectivity index (χ4v) is 2.49. The first-order valence-electron chi connectivity index (χ1n) is 7.40. The molecule has 0 fully saturated rings. The molecule has 0 unspecified atom stereocenters. The van der Waals surface area contributed by atoms with E-state index in [2.05, 4.69) is 15.5 Å². The van der Waals surface area contributed by atoms with Crippen molar-refractivity contribution in [1.82, 2.24) is 19.4 Å². The number of rotatable bonds is 4. The van der Waals surface area contributed by atoms with Crippen LogP contribution in [0.3, 0.4) is 0 Å². The number of alkyl halides is 1. The van der Waals surface area contributed by atoms with Crippen molar-refractivity contribution < 1.29 is 4.79 Å². The number of benzene rings is 1. The van der Waals surface area contributed by atoms with Gasteiger partial charge in [0.15, 0.2) is 5.65 Å². The van der Waals surface area contributed by atoms with Crippen molar-refractivity contribution in [3.8, 4) is 5.69 Å². The first kappa shape index (κ1) is 16.2. The molecule has 3 rings (SSSR count). The Kier molecular flexibility index (Phi) is 4.35. The number of aromatic nitrogens is 4. The van der Waals surface area contributed by atoms with Crippen LogP contribution < -0.4 is 11.0 Å². The number of nitrogens with one attached hydrogen (secondary N) is 1. The number of aryl methyl sites for hydroxylation is 2. The fraction of sp³-hybridized carbons (Fsp3) is 0.250. The molecular formula is C16H16ClN5O2. The van der Waals surface area contributed by atoms with Crippen molar-refractivity contribution in [2.45, 2.75) is 20.3 Å². The average molecular weight is 346 g/mol. The summed E-state index contributed by atoms with van der Waals surface area (Å²) in [6.45, 7) is 4.04. The maximum Gasteiger partial charge on any atom is 0.283 e. The Morgan fingerprint density at radius 2 is 2.08 bits per heavy atom. The van der Waals surface area contributed by atoms with E-state index in [0.29, 0.717) is 11.0 Å². The number of hydrogen-bond donors (Lipinski definition) is 1. The zero-order valence-corrected chi connectivity index (χ0v) is 14.0. The largest absolute Gasteiger partial charge is 0.283 e. The molecule has 2 aromatic heterocycles. The standard InChI is InChI=1S/C16H16ClN5O2/c1-10-3-4-12(7-11(10)2)22-15-13(8-19-22)16(24)21(9-18-15)20-14(23)5-6-17/h3-4,7-9H,5-6H2,1-2H3,(H,20,23). The summed E-state index contributed by atoms with van der Waals surface area (Å²) in [6.07, 6.45) is 2.84. The lowest BCUT2D eigenvalue weighted by molar-refractivity contribution is -0.116. The van der Waals surface area contributed by atoms with E-state index in [1.54, 1.807) is 4.68 Å². The Hall–Kier alpha value is -2.67. The fourth-order valence-electron chi connectivity index (χ4n) is 2.31. The third-order valence-electron chi connectivity index (χ3n) is 3.79. The van der Waals surface area contributed by atoms with Crippen LogP contribution in [-0.4, -0.2) is 31.2 Å². The van der Waals surface area contributed by atoms with E-state index in [1.807, 2.05) is 32.0 Å². The number of hydrogen-bond acceptors (Lipinski definition) is 4. The van der Waals surface area contributed by atoms with E-state index in [0.717, 1.165) is 15.9 Å². The molecule has 0 aliphatic heterocycles. The molecule has 0 radical (unpaired) electrons. The normalized spacial score (nSPS) is 11.0. The van der Waals surface area contributed by atoms with Crippen molar-refractivity contribution in [1.29, 1.82) is 0 Å². The predicted molar refractivity (Wildman–Crippen MR) is 92.3 cm³/mol. The number of fused-ring (bicyclic) bond motifs is 1. The SMILES string of the molecule is Cc1ccc(-n2ncc3c(=O)n(NC(=O)CCCl)cnc32)cc1C. The van der Waals surface area contributed by atoms with Gasteiger partial charge in [0, 0.05) is 12.3 Å². The summed E-state index contributed by atoms with van der Waals surface area (Å²) in [5, 5.41) is 4.58. The molecule has 8 heteroatoms. The van der Waals surface area contributed by atoms with Crippen molar-refractivity contribution in [3.63, 3.8) is 0 Å². The van der Waals surface area contributed by atoms with Gasteiger partial charge in [0.25, 0.3) is 5.56 Å². The summed E-state index contributed by atoms with van der Waals surface area (Å²) < 4.78 is 2.65. The van der Waals surface area contributed by atoms with Crippen LogP contribution in [0.2, 0.25) is 0 Å². The van der Waals surface area contributed by atoms with Crippen LogP contribution in [0.5, 0.6) is 0 Å². The highest BCUT2D eigenvalue weighted by Gasteiger charge is 2.13. The van der Waals surface area contributed by atoms with Gasteiger partial charge in [0.2, 0.25) is 5.91 Å². The molecule has 0 atom stereocenters. The number of amides is 1. The Morgan fingerprint density at radius 3 is 2.79 bits per heavy atom. The molecule has 0 spiro atoms. The number of carbonyl (C=O) groups excluding carboxylic acids is 1. The highest BCUT2D eigenvalue weighted by molar-refractivity contribution is 6.19. The quantitative estimate of drug-likeness (QED) is 0.732. The van der Waals surface area contributed by atoms with Gasteiger partial charge in [-0.05, 0) is 37.1 Å². The molecule has 124 valence electrons. The highest BCUT2D eigenvalue weighted by Crippen LogP contribution is 2.16. The van der Waals surface area contributed by atoms with E-state index in [-0.39, 0.29) is 18.2 Å². The molecule has 3 aromatic rings. The summed E-state index contributed by atoms with van der Waals surface area (Å²) in [5.74, 6) is -0.171. The molecule has 0 saturated heterocycles. The zero-order valence-electron chi connectivity index (χ0n) is 13.3. The average Bonchev–Trinajstić information content (AvgIpc) is 2.98. The second kappa shape index (κ2) is 6.45. The lowest BCUT2D eigenvalue weighted by Gasteiger charge is -2.08. The van der Waals surface area contributed by atoms with Crippen molar-refractivity contribution in [2.75, 3.05) is 11.3 Å². The van der Waals surface area contributed by atoms with Gasteiger partial charge >= 0.3 is 0 Å². The molecular weight excluding hydrogens is 330 g/mol. The maximum absolute atomic E-state index is 12.5. The Morgan fingerprint density at radius 1 is 1.29 bits per heavy atom. The van der Waals surface area contributed by atoms with E-state index in [1.165, 1.54) is 18.1 Å². The molecule has 7 nitrogen and oxygen atoms in total. The van der Waals surface area contributed by atoms with Gasteiger partial charge in [-0.3, -0.25) is 15.0 Å². The topological polar surface area (TPSA) is 81.8 Å². The second-order valence-electron chi connectivity index (χ2n) is 5.46. The van der Waals surface area contributed by atoms with Crippen LogP contribution >= 0.6 is 11.6 Å². The molecule has 0 aliphatic carbocycles. The van der Waals surface area contributed by atoms with Crippen molar-refractivity contribution in [3.05, 3.63) is 52.2 Å². The van der Waals surface area contributed by atoms with E-state index in [9.17, 15) is 9.59 Å². The minimum absolute atomic E-state index is 0.119. The highest BCUT2D eigenvalue weighted by atomic mass is 35.5. The Labute approximate surface area is 142 Å². The van der Waals surface area contributed by atoms with E-state index >= 15 is 0 Å². The van der Waals surface area contributed by atoms with Gasteiger partial charge in [-0.1, -0.05) is 6.07 Å². The van der Waals surface area contributed by atoms with E-state index in [4.69, 9.17) is 11.6 Å². The molecule has 0 saturated carbocycles. The van der Waals surface area contributed by atoms with Crippen molar-refractivity contribution >= 4 is 28.5 Å². The van der Waals surface area contributed by atoms with Gasteiger partial charge in [0.05, 0.1) is 11.9 Å². The second-order valence-corrected chi connectivity index (χ2v) is 5.83. The lowest BCUT2D eigenvalue weighted by atomic mass is 10.1. The first-order chi connectivity index (χ1) is 11.5. The van der Waals surface area contributed by atoms with Crippen LogP contribution in [0.15, 0.2) is 35.5 Å². The monoisotopic (exact) mass is 345 g/mol. The molecule has 1 N–H and O–H groups in total. The summed E-state index contributed by atoms with van der Waals surface area (Å²) in [5.41, 5.74) is 5.62. The minimum Gasteiger partial charge on any atom is -0.273 e. The maximum atomic E-state index is 12.5. The zero-order chi connectivity index (χ0) is 17.3. The molecule has 1 amide bonds. The van der Waals surface area contributed by atoms with Gasteiger partial charge in [-0.25, -0.2) is 14.3 Å². The molecule has 0 aliphatic rings. The number of halogens is 1. The summed E-state index contributed by atoms with van der Waals surface area (Å²) in [4.78, 5) is 28.3. The predicted octanol–water partition coefficient (Wildman–Crippen LogP) is 1.90. The summed E-state index contributed by atoms with van der Waals surface area (Å²) >= 11 is 5.52. The third kappa shape index (κ3) is 2.90. The molecule has 0 bridgehead atoms. The number of carbonyl (C=O) groups is 1. The van der Waals surface area contributed by atoms with Gasteiger partial charge < -0.3 is 0 Å². The molecule has 1 aromatic carbocycles. The van der Waals surface area contributed by atoms with Crippen LogP contribution in [0.1, 0.15) is 17.5 Å². The number of nitrogens with zero attached hydrogens (tertiary/aromatic N) is 4. The van der Waals surface area contributed by atoms with Crippen LogP contribution in [-0.2, 0) is 4.79 Å². The van der Waals surface area contributed by atoms with Gasteiger partial charge in [-0.2, -0.15) is 5.10 Å². The van der Waals surface area contributed by atoms with Gasteiger partial charge in [0.1, 0.15) is 11.7 Å². The molecule has 2 heterocycles. The van der Waals surface area contributed by atoms with Crippen LogP contribution in [0, 0.1) is 13.8 Å². The van der Waals surface area contributed by atoms with Crippen molar-refractivity contribution in [2.24, 2.45) is 0 Å². The smallest absolute Gasteiger partial charge is 0.273 e. The Balaban J connectivity index is 2.05. The van der Waals surface area contributed by atoms with Crippen LogP contribution in [0.25, 0.3) is 16.7 Å². The van der Waals surface area contributed by atoms with Crippen LogP contribution in [0.4, 0.5) is 0 Å². The van der Waals surface area contributed by atoms with E-state index < -0.39 is 5.56 Å². The Bertz CT molecular complexity index is 976. The molecule has 24 heavy (non-hydrogen) atoms. The summed E-state index contributed by atoms with van der Waals surface area (Å²) in [7, 11) is 0.